The van der Waals surface area contributed by atoms with Crippen LogP contribution in [-0.2, 0) is 9.53 Å². The first-order valence-corrected chi connectivity index (χ1v) is 6.69. The third-order valence-electron chi connectivity index (χ3n) is 2.95. The third-order valence-corrected chi connectivity index (χ3v) is 2.95. The molecule has 3 N–H and O–H groups in total. The highest BCUT2D eigenvalue weighted by Crippen LogP contribution is 2.09. The van der Waals surface area contributed by atoms with Crippen molar-refractivity contribution in [3.05, 3.63) is 0 Å². The quantitative estimate of drug-likeness (QED) is 0.545. The maximum atomic E-state index is 11.4. The summed E-state index contributed by atoms with van der Waals surface area (Å²) in [7, 11) is 0. The molecular formula is C13H28N2O2. The Labute approximate surface area is 105 Å². The molecule has 1 atom stereocenters. The summed E-state index contributed by atoms with van der Waals surface area (Å²) in [5.74, 6) is -0.303. The van der Waals surface area contributed by atoms with Gasteiger partial charge in [-0.3, -0.25) is 4.79 Å². The Morgan fingerprint density at radius 1 is 1.24 bits per heavy atom. The van der Waals surface area contributed by atoms with Crippen molar-refractivity contribution in [3.8, 4) is 0 Å². The van der Waals surface area contributed by atoms with Crippen molar-refractivity contribution in [3.63, 3.8) is 0 Å². The molecule has 0 rings (SSSR count). The number of hydrogen-bond donors (Lipinski definition) is 2. The fourth-order valence-electron chi connectivity index (χ4n) is 1.53. The highest BCUT2D eigenvalue weighted by molar-refractivity contribution is 5.84. The van der Waals surface area contributed by atoms with Crippen molar-refractivity contribution >= 4 is 5.91 Å². The first kappa shape index (κ1) is 16.4. The SMILES string of the molecule is CCCCCOCCC(C)(NCCC)C(N)=O. The number of primary amides is 1. The molecule has 0 aliphatic carbocycles. The first-order valence-electron chi connectivity index (χ1n) is 6.69. The minimum atomic E-state index is -0.638. The van der Waals surface area contributed by atoms with E-state index in [0.29, 0.717) is 13.0 Å². The van der Waals surface area contributed by atoms with Crippen molar-refractivity contribution in [2.24, 2.45) is 5.73 Å². The first-order chi connectivity index (χ1) is 8.06. The lowest BCUT2D eigenvalue weighted by Crippen LogP contribution is -2.54. The zero-order valence-corrected chi connectivity index (χ0v) is 11.6. The maximum Gasteiger partial charge on any atom is 0.237 e. The summed E-state index contributed by atoms with van der Waals surface area (Å²) in [6.45, 7) is 8.24. The Bertz CT molecular complexity index is 210. The molecule has 102 valence electrons. The topological polar surface area (TPSA) is 64.3 Å². The van der Waals surface area contributed by atoms with E-state index in [1.165, 1.54) is 12.8 Å². The van der Waals surface area contributed by atoms with Gasteiger partial charge < -0.3 is 15.8 Å². The van der Waals surface area contributed by atoms with Gasteiger partial charge in [-0.05, 0) is 32.7 Å². The summed E-state index contributed by atoms with van der Waals surface area (Å²) >= 11 is 0. The molecule has 0 aliphatic heterocycles. The van der Waals surface area contributed by atoms with Crippen molar-refractivity contribution in [2.45, 2.75) is 58.4 Å². The smallest absolute Gasteiger partial charge is 0.237 e. The lowest BCUT2D eigenvalue weighted by Gasteiger charge is -2.27. The summed E-state index contributed by atoms with van der Waals surface area (Å²) in [6, 6.07) is 0. The van der Waals surface area contributed by atoms with Gasteiger partial charge in [0.15, 0.2) is 0 Å². The Hall–Kier alpha value is -0.610. The van der Waals surface area contributed by atoms with E-state index in [2.05, 4.69) is 19.2 Å². The van der Waals surface area contributed by atoms with Crippen molar-refractivity contribution in [2.75, 3.05) is 19.8 Å². The number of nitrogens with one attached hydrogen (secondary N) is 1. The molecule has 0 aromatic rings. The van der Waals surface area contributed by atoms with Gasteiger partial charge in [0.2, 0.25) is 5.91 Å². The molecule has 1 amide bonds. The molecule has 0 spiro atoms. The number of ether oxygens (including phenoxy) is 1. The van der Waals surface area contributed by atoms with Gasteiger partial charge in [-0.1, -0.05) is 26.7 Å². The fraction of sp³-hybridized carbons (Fsp3) is 0.923. The van der Waals surface area contributed by atoms with E-state index >= 15 is 0 Å². The zero-order valence-electron chi connectivity index (χ0n) is 11.6. The number of hydrogen-bond acceptors (Lipinski definition) is 3. The molecular weight excluding hydrogens is 216 g/mol. The van der Waals surface area contributed by atoms with Crippen LogP contribution >= 0.6 is 0 Å². The van der Waals surface area contributed by atoms with Gasteiger partial charge >= 0.3 is 0 Å². The van der Waals surface area contributed by atoms with Crippen LogP contribution in [0.15, 0.2) is 0 Å². The van der Waals surface area contributed by atoms with Crippen LogP contribution in [-0.4, -0.2) is 31.2 Å². The van der Waals surface area contributed by atoms with Gasteiger partial charge in [0.25, 0.3) is 0 Å². The van der Waals surface area contributed by atoms with E-state index in [4.69, 9.17) is 10.5 Å². The second kappa shape index (κ2) is 9.42. The Balaban J connectivity index is 3.81. The summed E-state index contributed by atoms with van der Waals surface area (Å²) in [5, 5.41) is 3.19. The summed E-state index contributed by atoms with van der Waals surface area (Å²) in [6.07, 6.45) is 5.10. The molecule has 0 bridgehead atoms. The predicted molar refractivity (Wildman–Crippen MR) is 70.9 cm³/mol. The second-order valence-electron chi connectivity index (χ2n) is 4.69. The molecule has 0 aliphatic rings. The maximum absolute atomic E-state index is 11.4. The molecule has 0 aromatic heterocycles. The van der Waals surface area contributed by atoms with Crippen LogP contribution in [0.25, 0.3) is 0 Å². The highest BCUT2D eigenvalue weighted by Gasteiger charge is 2.29. The molecule has 0 heterocycles. The van der Waals surface area contributed by atoms with E-state index < -0.39 is 5.54 Å². The lowest BCUT2D eigenvalue weighted by atomic mass is 9.97. The number of rotatable bonds is 11. The second-order valence-corrected chi connectivity index (χ2v) is 4.69. The molecule has 0 fully saturated rings. The number of carbonyl (C=O) groups is 1. The molecule has 17 heavy (non-hydrogen) atoms. The van der Waals surface area contributed by atoms with Crippen LogP contribution in [0.3, 0.4) is 0 Å². The van der Waals surface area contributed by atoms with E-state index in [1.807, 2.05) is 6.92 Å². The van der Waals surface area contributed by atoms with Gasteiger partial charge in [0.05, 0.1) is 5.54 Å². The van der Waals surface area contributed by atoms with Crippen molar-refractivity contribution in [1.29, 1.82) is 0 Å². The van der Waals surface area contributed by atoms with Gasteiger partial charge in [-0.25, -0.2) is 0 Å². The number of nitrogens with two attached hydrogens (primary N) is 1. The van der Waals surface area contributed by atoms with Gasteiger partial charge in [-0.2, -0.15) is 0 Å². The van der Waals surface area contributed by atoms with Gasteiger partial charge in [-0.15, -0.1) is 0 Å². The molecule has 4 nitrogen and oxygen atoms in total. The van der Waals surface area contributed by atoms with Crippen molar-refractivity contribution < 1.29 is 9.53 Å². The molecule has 0 saturated carbocycles. The van der Waals surface area contributed by atoms with E-state index in [9.17, 15) is 4.79 Å². The average Bonchev–Trinajstić information content (AvgIpc) is 2.31. The molecule has 0 aromatic carbocycles. The van der Waals surface area contributed by atoms with Gasteiger partial charge in [0.1, 0.15) is 0 Å². The molecule has 1 unspecified atom stereocenters. The Morgan fingerprint density at radius 3 is 2.47 bits per heavy atom. The van der Waals surface area contributed by atoms with Crippen LogP contribution in [0.5, 0.6) is 0 Å². The number of unbranched alkanes of at least 4 members (excludes halogenated alkanes) is 2. The van der Waals surface area contributed by atoms with Crippen LogP contribution in [0.1, 0.15) is 52.9 Å². The monoisotopic (exact) mass is 244 g/mol. The average molecular weight is 244 g/mol. The largest absolute Gasteiger partial charge is 0.381 e. The highest BCUT2D eigenvalue weighted by atomic mass is 16.5. The number of amides is 1. The fourth-order valence-corrected chi connectivity index (χ4v) is 1.53. The third kappa shape index (κ3) is 7.34. The van der Waals surface area contributed by atoms with E-state index in [1.54, 1.807) is 0 Å². The van der Waals surface area contributed by atoms with Crippen LogP contribution in [0, 0.1) is 0 Å². The van der Waals surface area contributed by atoms with E-state index in [0.717, 1.165) is 26.0 Å². The summed E-state index contributed by atoms with van der Waals surface area (Å²) in [4.78, 5) is 11.4. The number of carbonyl (C=O) groups excluding carboxylic acids is 1. The van der Waals surface area contributed by atoms with Crippen LogP contribution in [0.4, 0.5) is 0 Å². The molecule has 0 saturated heterocycles. The summed E-state index contributed by atoms with van der Waals surface area (Å²) < 4.78 is 5.51. The predicted octanol–water partition coefficient (Wildman–Crippen LogP) is 1.83. The standard InChI is InChI=1S/C13H28N2O2/c1-4-6-7-10-17-11-8-13(3,12(14)16)15-9-5-2/h15H,4-11H2,1-3H3,(H2,14,16). The Kier molecular flexibility index (Phi) is 9.09. The summed E-state index contributed by atoms with van der Waals surface area (Å²) in [5.41, 5.74) is 4.78. The molecule has 0 radical (unpaired) electrons. The minimum absolute atomic E-state index is 0.303. The van der Waals surface area contributed by atoms with E-state index in [-0.39, 0.29) is 5.91 Å². The molecule has 4 heteroatoms. The van der Waals surface area contributed by atoms with Crippen molar-refractivity contribution in [1.82, 2.24) is 5.32 Å². The Morgan fingerprint density at radius 2 is 1.94 bits per heavy atom. The van der Waals surface area contributed by atoms with Gasteiger partial charge in [0, 0.05) is 13.2 Å². The zero-order chi connectivity index (χ0) is 13.1. The normalized spacial score (nSPS) is 14.5. The van der Waals surface area contributed by atoms with Crippen LogP contribution in [0.2, 0.25) is 0 Å². The lowest BCUT2D eigenvalue weighted by molar-refractivity contribution is -0.124. The minimum Gasteiger partial charge on any atom is -0.381 e. The van der Waals surface area contributed by atoms with Crippen LogP contribution < -0.4 is 11.1 Å².